The molecule has 0 aromatic carbocycles. The van der Waals surface area contributed by atoms with Crippen LogP contribution in [0.3, 0.4) is 0 Å². The van der Waals surface area contributed by atoms with Gasteiger partial charge < -0.3 is 14.7 Å². The molecule has 0 spiro atoms. The quantitative estimate of drug-likeness (QED) is 0.819. The molecule has 2 heterocycles. The Morgan fingerprint density at radius 1 is 1.56 bits per heavy atom. The number of rotatable bonds is 2. The second kappa shape index (κ2) is 4.70. The number of piperidine rings is 1. The molecule has 88 valence electrons. The maximum absolute atomic E-state index is 9.86. The Kier molecular flexibility index (Phi) is 3.29. The van der Waals surface area contributed by atoms with Gasteiger partial charge in [0.25, 0.3) is 0 Å². The van der Waals surface area contributed by atoms with E-state index < -0.39 is 0 Å². The van der Waals surface area contributed by atoms with Crippen LogP contribution in [0.15, 0.2) is 18.3 Å². The topological polar surface area (TPSA) is 45.6 Å². The van der Waals surface area contributed by atoms with E-state index in [2.05, 4.69) is 16.8 Å². The number of methoxy groups -OCH3 is 1. The Hall–Kier alpha value is -1.29. The van der Waals surface area contributed by atoms with Crippen molar-refractivity contribution in [3.05, 3.63) is 18.3 Å². The van der Waals surface area contributed by atoms with Gasteiger partial charge in [-0.25, -0.2) is 4.98 Å². The van der Waals surface area contributed by atoms with Crippen LogP contribution in [0.4, 0.5) is 5.82 Å². The van der Waals surface area contributed by atoms with E-state index in [-0.39, 0.29) is 6.10 Å². The van der Waals surface area contributed by atoms with Crippen molar-refractivity contribution in [2.75, 3.05) is 25.1 Å². The molecule has 1 N–H and O–H groups in total. The minimum absolute atomic E-state index is 0.277. The molecule has 4 heteroatoms. The summed E-state index contributed by atoms with van der Waals surface area (Å²) >= 11 is 0. The summed E-state index contributed by atoms with van der Waals surface area (Å²) in [5, 5.41) is 9.86. The molecule has 1 fully saturated rings. The van der Waals surface area contributed by atoms with Gasteiger partial charge in [0, 0.05) is 19.3 Å². The Balaban J connectivity index is 2.18. The lowest BCUT2D eigenvalue weighted by Gasteiger charge is -2.35. The zero-order valence-electron chi connectivity index (χ0n) is 9.76. The highest BCUT2D eigenvalue weighted by Crippen LogP contribution is 2.28. The molecule has 0 radical (unpaired) electrons. The maximum atomic E-state index is 9.86. The fourth-order valence-electron chi connectivity index (χ4n) is 2.02. The van der Waals surface area contributed by atoms with E-state index in [4.69, 9.17) is 4.74 Å². The van der Waals surface area contributed by atoms with Gasteiger partial charge in [0.15, 0.2) is 11.6 Å². The molecular weight excluding hydrogens is 204 g/mol. The van der Waals surface area contributed by atoms with Crippen molar-refractivity contribution in [3.63, 3.8) is 0 Å². The number of pyridine rings is 1. The van der Waals surface area contributed by atoms with E-state index in [0.29, 0.717) is 12.5 Å². The molecule has 2 rings (SSSR count). The maximum Gasteiger partial charge on any atom is 0.171 e. The van der Waals surface area contributed by atoms with E-state index >= 15 is 0 Å². The van der Waals surface area contributed by atoms with Crippen LogP contribution < -0.4 is 9.64 Å². The van der Waals surface area contributed by atoms with Crippen molar-refractivity contribution in [2.45, 2.75) is 19.4 Å². The monoisotopic (exact) mass is 222 g/mol. The van der Waals surface area contributed by atoms with Gasteiger partial charge in [-0.2, -0.15) is 0 Å². The summed E-state index contributed by atoms with van der Waals surface area (Å²) in [7, 11) is 1.64. The lowest BCUT2D eigenvalue weighted by Crippen LogP contribution is -2.43. The van der Waals surface area contributed by atoms with Crippen LogP contribution in [-0.4, -0.2) is 36.4 Å². The van der Waals surface area contributed by atoms with Gasteiger partial charge in [0.2, 0.25) is 0 Å². The predicted octanol–water partition coefficient (Wildman–Crippen LogP) is 1.30. The van der Waals surface area contributed by atoms with Gasteiger partial charge in [-0.1, -0.05) is 6.92 Å². The minimum Gasteiger partial charge on any atom is -0.493 e. The molecule has 0 aliphatic carbocycles. The molecule has 1 aliphatic heterocycles. The first-order valence-electron chi connectivity index (χ1n) is 5.64. The Morgan fingerprint density at radius 2 is 2.38 bits per heavy atom. The van der Waals surface area contributed by atoms with Crippen LogP contribution in [0.25, 0.3) is 0 Å². The molecule has 0 amide bonds. The number of nitrogens with zero attached hydrogens (tertiary/aromatic N) is 2. The third-order valence-corrected chi connectivity index (χ3v) is 3.19. The highest BCUT2D eigenvalue weighted by molar-refractivity contribution is 5.52. The fourth-order valence-corrected chi connectivity index (χ4v) is 2.02. The van der Waals surface area contributed by atoms with E-state index in [0.717, 1.165) is 24.5 Å². The fraction of sp³-hybridized carbons (Fsp3) is 0.583. The SMILES string of the molecule is COc1cccnc1N1CCC(C)C(O)C1. The third-order valence-electron chi connectivity index (χ3n) is 3.19. The lowest BCUT2D eigenvalue weighted by molar-refractivity contribution is 0.102. The van der Waals surface area contributed by atoms with Crippen molar-refractivity contribution in [1.82, 2.24) is 4.98 Å². The van der Waals surface area contributed by atoms with Gasteiger partial charge in [-0.05, 0) is 24.5 Å². The van der Waals surface area contributed by atoms with Crippen LogP contribution >= 0.6 is 0 Å². The van der Waals surface area contributed by atoms with Crippen LogP contribution in [0.1, 0.15) is 13.3 Å². The summed E-state index contributed by atoms with van der Waals surface area (Å²) in [5.74, 6) is 1.96. The number of β-amino-alcohol motifs (C(OH)–C–C–N with tert-alkyl or cyclic N) is 1. The highest BCUT2D eigenvalue weighted by atomic mass is 16.5. The largest absolute Gasteiger partial charge is 0.493 e. The third kappa shape index (κ3) is 2.11. The van der Waals surface area contributed by atoms with Crippen molar-refractivity contribution < 1.29 is 9.84 Å². The average Bonchev–Trinajstić information content (AvgIpc) is 2.32. The Labute approximate surface area is 95.9 Å². The highest BCUT2D eigenvalue weighted by Gasteiger charge is 2.26. The average molecular weight is 222 g/mol. The lowest BCUT2D eigenvalue weighted by atomic mass is 9.96. The van der Waals surface area contributed by atoms with Crippen molar-refractivity contribution >= 4 is 5.82 Å². The molecule has 1 aliphatic rings. The molecular formula is C12H18N2O2. The van der Waals surface area contributed by atoms with Crippen LogP contribution in [0.2, 0.25) is 0 Å². The van der Waals surface area contributed by atoms with E-state index in [9.17, 15) is 5.11 Å². The van der Waals surface area contributed by atoms with Crippen molar-refractivity contribution in [2.24, 2.45) is 5.92 Å². The van der Waals surface area contributed by atoms with Crippen LogP contribution in [0, 0.1) is 5.92 Å². The van der Waals surface area contributed by atoms with Crippen LogP contribution in [-0.2, 0) is 0 Å². The number of anilines is 1. The summed E-state index contributed by atoms with van der Waals surface area (Å²) in [6.07, 6.45) is 2.46. The summed E-state index contributed by atoms with van der Waals surface area (Å²) in [6.45, 7) is 3.64. The summed E-state index contributed by atoms with van der Waals surface area (Å²) in [4.78, 5) is 6.41. The zero-order chi connectivity index (χ0) is 11.5. The first kappa shape index (κ1) is 11.2. The second-order valence-electron chi connectivity index (χ2n) is 4.31. The van der Waals surface area contributed by atoms with Crippen molar-refractivity contribution in [1.29, 1.82) is 0 Å². The number of aliphatic hydroxyl groups excluding tert-OH is 1. The molecule has 2 atom stereocenters. The molecule has 1 aromatic heterocycles. The standard InChI is InChI=1S/C12H18N2O2/c1-9-5-7-14(8-10(9)15)12-11(16-2)4-3-6-13-12/h3-4,6,9-10,15H,5,7-8H2,1-2H3. The minimum atomic E-state index is -0.277. The van der Waals surface area contributed by atoms with Crippen molar-refractivity contribution in [3.8, 4) is 5.75 Å². The predicted molar refractivity (Wildman–Crippen MR) is 62.8 cm³/mol. The molecule has 16 heavy (non-hydrogen) atoms. The second-order valence-corrected chi connectivity index (χ2v) is 4.31. The molecule has 4 nitrogen and oxygen atoms in total. The van der Waals surface area contributed by atoms with Gasteiger partial charge in [-0.3, -0.25) is 0 Å². The number of hydrogen-bond donors (Lipinski definition) is 1. The smallest absolute Gasteiger partial charge is 0.171 e. The van der Waals surface area contributed by atoms with Gasteiger partial charge in [0.1, 0.15) is 0 Å². The first-order chi connectivity index (χ1) is 7.72. The summed E-state index contributed by atoms with van der Waals surface area (Å²) < 4.78 is 5.27. The Morgan fingerprint density at radius 3 is 3.06 bits per heavy atom. The van der Waals surface area contributed by atoms with Gasteiger partial charge in [0.05, 0.1) is 13.2 Å². The summed E-state index contributed by atoms with van der Waals surface area (Å²) in [6, 6.07) is 3.75. The molecule has 0 saturated carbocycles. The van der Waals surface area contributed by atoms with Gasteiger partial charge >= 0.3 is 0 Å². The van der Waals surface area contributed by atoms with E-state index in [1.54, 1.807) is 13.3 Å². The number of hydrogen-bond acceptors (Lipinski definition) is 4. The summed E-state index contributed by atoms with van der Waals surface area (Å²) in [5.41, 5.74) is 0. The number of aliphatic hydroxyl groups is 1. The molecule has 1 aromatic rings. The van der Waals surface area contributed by atoms with Gasteiger partial charge in [-0.15, -0.1) is 0 Å². The number of ether oxygens (including phenoxy) is 1. The number of aromatic nitrogens is 1. The van der Waals surface area contributed by atoms with Crippen LogP contribution in [0.5, 0.6) is 5.75 Å². The molecule has 2 unspecified atom stereocenters. The first-order valence-corrected chi connectivity index (χ1v) is 5.64. The van der Waals surface area contributed by atoms with E-state index in [1.165, 1.54) is 0 Å². The zero-order valence-corrected chi connectivity index (χ0v) is 9.76. The molecule has 0 bridgehead atoms. The van der Waals surface area contributed by atoms with E-state index in [1.807, 2.05) is 12.1 Å². The molecule has 1 saturated heterocycles. The Bertz CT molecular complexity index is 357. The normalized spacial score (nSPS) is 25.6.